The lowest BCUT2D eigenvalue weighted by Crippen LogP contribution is -2.31. The molecule has 0 heterocycles. The first-order valence-corrected chi connectivity index (χ1v) is 6.08. The smallest absolute Gasteiger partial charge is 0.000793 e. The number of rotatable bonds is 8. The zero-order valence-electron chi connectivity index (χ0n) is 10.0. The Morgan fingerprint density at radius 3 is 2.50 bits per heavy atom. The molecule has 1 aliphatic carbocycles. The molecule has 0 aromatic rings. The van der Waals surface area contributed by atoms with Gasteiger partial charge in [0.05, 0.1) is 0 Å². The van der Waals surface area contributed by atoms with Crippen molar-refractivity contribution in [2.24, 2.45) is 11.3 Å². The molecule has 0 saturated heterocycles. The first-order chi connectivity index (χ1) is 6.72. The van der Waals surface area contributed by atoms with Gasteiger partial charge in [0.15, 0.2) is 0 Å². The average Bonchev–Trinajstić information content (AvgIpc) is 2.86. The maximum atomic E-state index is 3.62. The summed E-state index contributed by atoms with van der Waals surface area (Å²) in [6.07, 6.45) is 5.66. The molecule has 84 valence electrons. The van der Waals surface area contributed by atoms with Crippen LogP contribution in [0.1, 0.15) is 39.5 Å². The zero-order chi connectivity index (χ0) is 10.4. The minimum atomic E-state index is 0.702. The summed E-state index contributed by atoms with van der Waals surface area (Å²) in [7, 11) is 2.02. The Morgan fingerprint density at radius 2 is 2.00 bits per heavy atom. The second-order valence-electron chi connectivity index (χ2n) is 5.04. The van der Waals surface area contributed by atoms with Crippen LogP contribution in [0.3, 0.4) is 0 Å². The first-order valence-electron chi connectivity index (χ1n) is 6.08. The van der Waals surface area contributed by atoms with Crippen LogP contribution in [-0.4, -0.2) is 26.7 Å². The third kappa shape index (κ3) is 3.97. The minimum Gasteiger partial charge on any atom is -0.319 e. The molecule has 1 rings (SSSR count). The number of nitrogens with one attached hydrogen (secondary N) is 2. The average molecular weight is 198 g/mol. The lowest BCUT2D eigenvalue weighted by Gasteiger charge is -2.17. The van der Waals surface area contributed by atoms with Gasteiger partial charge < -0.3 is 10.6 Å². The summed E-state index contributed by atoms with van der Waals surface area (Å²) in [5.74, 6) is 0.748. The molecule has 1 saturated carbocycles. The molecule has 1 unspecified atom stereocenters. The van der Waals surface area contributed by atoms with Crippen LogP contribution in [0, 0.1) is 11.3 Å². The van der Waals surface area contributed by atoms with E-state index in [9.17, 15) is 0 Å². The summed E-state index contributed by atoms with van der Waals surface area (Å²) in [4.78, 5) is 0. The summed E-state index contributed by atoms with van der Waals surface area (Å²) >= 11 is 0. The molecule has 0 amide bonds. The maximum absolute atomic E-state index is 3.62. The van der Waals surface area contributed by atoms with Gasteiger partial charge in [0.1, 0.15) is 0 Å². The Hall–Kier alpha value is -0.0800. The predicted molar refractivity (Wildman–Crippen MR) is 62.5 cm³/mol. The highest BCUT2D eigenvalue weighted by Crippen LogP contribution is 2.48. The van der Waals surface area contributed by atoms with Gasteiger partial charge in [0, 0.05) is 6.54 Å². The lowest BCUT2D eigenvalue weighted by molar-refractivity contribution is 0.395. The van der Waals surface area contributed by atoms with Crippen molar-refractivity contribution in [3.05, 3.63) is 0 Å². The summed E-state index contributed by atoms with van der Waals surface area (Å²) < 4.78 is 0. The van der Waals surface area contributed by atoms with Gasteiger partial charge in [-0.25, -0.2) is 0 Å². The highest BCUT2D eigenvalue weighted by molar-refractivity contribution is 4.94. The van der Waals surface area contributed by atoms with E-state index in [1.807, 2.05) is 7.05 Å². The fraction of sp³-hybridized carbons (Fsp3) is 1.00. The quantitative estimate of drug-likeness (QED) is 0.623. The van der Waals surface area contributed by atoms with Crippen molar-refractivity contribution in [3.8, 4) is 0 Å². The predicted octanol–water partition coefficient (Wildman–Crippen LogP) is 2.01. The molecule has 1 aliphatic rings. The highest BCUT2D eigenvalue weighted by Gasteiger charge is 2.40. The molecule has 2 heteroatoms. The first kappa shape index (κ1) is 12.0. The normalized spacial score (nSPS) is 20.8. The van der Waals surface area contributed by atoms with Crippen LogP contribution in [0.2, 0.25) is 0 Å². The summed E-state index contributed by atoms with van der Waals surface area (Å²) in [5, 5.41) is 6.83. The minimum absolute atomic E-state index is 0.702. The zero-order valence-corrected chi connectivity index (χ0v) is 10.0. The van der Waals surface area contributed by atoms with Crippen LogP contribution in [0.25, 0.3) is 0 Å². The van der Waals surface area contributed by atoms with Gasteiger partial charge in [-0.3, -0.25) is 0 Å². The van der Waals surface area contributed by atoms with Crippen molar-refractivity contribution in [3.63, 3.8) is 0 Å². The van der Waals surface area contributed by atoms with Crippen LogP contribution >= 0.6 is 0 Å². The van der Waals surface area contributed by atoms with E-state index in [0.717, 1.165) is 19.0 Å². The van der Waals surface area contributed by atoms with Gasteiger partial charge in [-0.05, 0) is 50.7 Å². The SMILES string of the molecule is CCCC1(CNCC(C)CNC)CC1. The second-order valence-corrected chi connectivity index (χ2v) is 5.04. The molecule has 1 atom stereocenters. The molecule has 0 spiro atoms. The van der Waals surface area contributed by atoms with E-state index in [2.05, 4.69) is 24.5 Å². The van der Waals surface area contributed by atoms with Crippen molar-refractivity contribution >= 4 is 0 Å². The van der Waals surface area contributed by atoms with Crippen molar-refractivity contribution in [1.29, 1.82) is 0 Å². The summed E-state index contributed by atoms with van der Waals surface area (Å²) in [6, 6.07) is 0. The largest absolute Gasteiger partial charge is 0.319 e. The molecule has 2 nitrogen and oxygen atoms in total. The van der Waals surface area contributed by atoms with E-state index in [0.29, 0.717) is 5.41 Å². The molecule has 0 aliphatic heterocycles. The van der Waals surface area contributed by atoms with Crippen LogP contribution < -0.4 is 10.6 Å². The molecule has 0 aromatic carbocycles. The summed E-state index contributed by atoms with van der Waals surface area (Å²) in [6.45, 7) is 8.11. The molecule has 0 bridgehead atoms. The molecule has 0 radical (unpaired) electrons. The molecule has 0 aromatic heterocycles. The monoisotopic (exact) mass is 198 g/mol. The fourth-order valence-electron chi connectivity index (χ4n) is 2.23. The standard InChI is InChI=1S/C12H26N2/c1-4-5-12(6-7-12)10-14-9-11(2)8-13-3/h11,13-14H,4-10H2,1-3H3. The highest BCUT2D eigenvalue weighted by atomic mass is 14.9. The van der Waals surface area contributed by atoms with Crippen molar-refractivity contribution in [2.45, 2.75) is 39.5 Å². The molecular formula is C12H26N2. The fourth-order valence-corrected chi connectivity index (χ4v) is 2.23. The Balaban J connectivity index is 2.03. The van der Waals surface area contributed by atoms with Crippen LogP contribution in [0.4, 0.5) is 0 Å². The Labute approximate surface area is 88.8 Å². The van der Waals surface area contributed by atoms with E-state index in [1.54, 1.807) is 0 Å². The third-order valence-corrected chi connectivity index (χ3v) is 3.28. The Kier molecular flexibility index (Phi) is 4.90. The van der Waals surface area contributed by atoms with Gasteiger partial charge in [0.25, 0.3) is 0 Å². The Bertz CT molecular complexity index is 152. The molecular weight excluding hydrogens is 172 g/mol. The van der Waals surface area contributed by atoms with Crippen LogP contribution in [-0.2, 0) is 0 Å². The topological polar surface area (TPSA) is 24.1 Å². The van der Waals surface area contributed by atoms with Gasteiger partial charge in [-0.2, -0.15) is 0 Å². The van der Waals surface area contributed by atoms with Crippen LogP contribution in [0.5, 0.6) is 0 Å². The van der Waals surface area contributed by atoms with Crippen LogP contribution in [0.15, 0.2) is 0 Å². The van der Waals surface area contributed by atoms with Crippen molar-refractivity contribution in [1.82, 2.24) is 10.6 Å². The van der Waals surface area contributed by atoms with Crippen molar-refractivity contribution < 1.29 is 0 Å². The lowest BCUT2D eigenvalue weighted by atomic mass is 10.0. The number of hydrogen-bond acceptors (Lipinski definition) is 2. The van der Waals surface area contributed by atoms with E-state index >= 15 is 0 Å². The van der Waals surface area contributed by atoms with Crippen molar-refractivity contribution in [2.75, 3.05) is 26.7 Å². The van der Waals surface area contributed by atoms with Gasteiger partial charge >= 0.3 is 0 Å². The molecule has 1 fully saturated rings. The summed E-state index contributed by atoms with van der Waals surface area (Å²) in [5.41, 5.74) is 0.702. The number of hydrogen-bond donors (Lipinski definition) is 2. The van der Waals surface area contributed by atoms with Gasteiger partial charge in [-0.15, -0.1) is 0 Å². The third-order valence-electron chi connectivity index (χ3n) is 3.28. The maximum Gasteiger partial charge on any atom is 0.000793 e. The van der Waals surface area contributed by atoms with Gasteiger partial charge in [0.2, 0.25) is 0 Å². The van der Waals surface area contributed by atoms with E-state index in [-0.39, 0.29) is 0 Å². The van der Waals surface area contributed by atoms with E-state index in [1.165, 1.54) is 32.2 Å². The second kappa shape index (κ2) is 5.72. The Morgan fingerprint density at radius 1 is 1.29 bits per heavy atom. The molecule has 2 N–H and O–H groups in total. The molecule has 14 heavy (non-hydrogen) atoms. The van der Waals surface area contributed by atoms with Gasteiger partial charge in [-0.1, -0.05) is 20.3 Å². The van der Waals surface area contributed by atoms with E-state index < -0.39 is 0 Å². The van der Waals surface area contributed by atoms with E-state index in [4.69, 9.17) is 0 Å².